The van der Waals surface area contributed by atoms with E-state index in [-0.39, 0.29) is 22.6 Å². The van der Waals surface area contributed by atoms with Crippen molar-refractivity contribution in [1.82, 2.24) is 30.6 Å². The van der Waals surface area contributed by atoms with Crippen LogP contribution in [-0.4, -0.2) is 51.9 Å². The van der Waals surface area contributed by atoms with Crippen LogP contribution < -0.4 is 15.4 Å². The van der Waals surface area contributed by atoms with Gasteiger partial charge in [0.2, 0.25) is 0 Å². The normalized spacial score (nSPS) is 19.1. The molecule has 0 saturated heterocycles. The molecular formula is C39H35ClN6O3. The number of ether oxygens (including phenoxy) is 1. The first-order valence-corrected chi connectivity index (χ1v) is 17.6. The number of halogens is 1. The first-order chi connectivity index (χ1) is 23.9. The molecule has 2 saturated carbocycles. The monoisotopic (exact) mass is 670 g/mol. The Labute approximate surface area is 288 Å². The Balaban J connectivity index is 0.000000130. The first kappa shape index (κ1) is 29.1. The van der Waals surface area contributed by atoms with Gasteiger partial charge in [-0.1, -0.05) is 11.6 Å². The fourth-order valence-corrected chi connectivity index (χ4v) is 8.74. The highest BCUT2D eigenvalue weighted by Gasteiger charge is 2.53. The van der Waals surface area contributed by atoms with E-state index >= 15 is 0 Å². The zero-order valence-electron chi connectivity index (χ0n) is 27.2. The van der Waals surface area contributed by atoms with Crippen LogP contribution in [0, 0.1) is 0 Å². The molecule has 1 aromatic carbocycles. The lowest BCUT2D eigenvalue weighted by Crippen LogP contribution is -2.39. The number of aryl methyl sites for hydroxylation is 2. The van der Waals surface area contributed by atoms with Crippen LogP contribution in [0.3, 0.4) is 0 Å². The molecule has 5 aromatic rings. The predicted molar refractivity (Wildman–Crippen MR) is 186 cm³/mol. The molecule has 0 radical (unpaired) electrons. The SMILES string of the molecule is COc1ccc(-c2cc3c(cn2)CCc2c-3[nH]c3c2C(=O)NCC32CC2)cc1.O=C1NCC2(CC2)c2[nH]c3c(c21)CCc1cnc(Cl)cc1-3. The maximum absolute atomic E-state index is 12.6. The number of hydrogen-bond donors (Lipinski definition) is 4. The fraction of sp³-hybridized carbons (Fsp3) is 0.333. The van der Waals surface area contributed by atoms with Gasteiger partial charge in [0.1, 0.15) is 10.9 Å². The molecule has 10 heteroatoms. The van der Waals surface area contributed by atoms with E-state index in [2.05, 4.69) is 31.7 Å². The zero-order valence-corrected chi connectivity index (χ0v) is 27.9. The van der Waals surface area contributed by atoms with Gasteiger partial charge < -0.3 is 25.3 Å². The number of nitrogens with zero attached hydrogens (tertiary/aromatic N) is 2. The summed E-state index contributed by atoms with van der Waals surface area (Å²) in [6.45, 7) is 1.53. The summed E-state index contributed by atoms with van der Waals surface area (Å²) < 4.78 is 5.26. The molecule has 6 aliphatic rings. The molecule has 9 nitrogen and oxygen atoms in total. The van der Waals surface area contributed by atoms with Gasteiger partial charge in [-0.25, -0.2) is 4.98 Å². The topological polar surface area (TPSA) is 125 Å². The molecule has 49 heavy (non-hydrogen) atoms. The lowest BCUT2D eigenvalue weighted by Gasteiger charge is -2.23. The Bertz CT molecular complexity index is 2240. The zero-order chi connectivity index (χ0) is 33.1. The van der Waals surface area contributed by atoms with Crippen molar-refractivity contribution in [2.45, 2.75) is 62.2 Å². The number of fused-ring (bicyclic) bond motifs is 12. The molecule has 2 fully saturated rings. The number of nitrogens with one attached hydrogen (secondary N) is 4. The Morgan fingerprint density at radius 2 is 1.24 bits per heavy atom. The summed E-state index contributed by atoms with van der Waals surface area (Å²) in [5.41, 5.74) is 15.7. The number of aromatic amines is 2. The van der Waals surface area contributed by atoms with Crippen LogP contribution in [0.1, 0.15) is 80.0 Å². The second kappa shape index (κ2) is 10.3. The predicted octanol–water partition coefficient (Wildman–Crippen LogP) is 6.23. The molecule has 11 rings (SSSR count). The maximum atomic E-state index is 12.6. The van der Waals surface area contributed by atoms with Crippen molar-refractivity contribution in [3.05, 3.63) is 98.7 Å². The highest BCUT2D eigenvalue weighted by molar-refractivity contribution is 6.29. The number of methoxy groups -OCH3 is 1. The van der Waals surface area contributed by atoms with E-state index in [1.807, 2.05) is 42.7 Å². The van der Waals surface area contributed by atoms with E-state index < -0.39 is 0 Å². The van der Waals surface area contributed by atoms with Gasteiger partial charge in [-0.3, -0.25) is 14.6 Å². The highest BCUT2D eigenvalue weighted by atomic mass is 35.5. The van der Waals surface area contributed by atoms with Crippen molar-refractivity contribution in [2.75, 3.05) is 20.2 Å². The Morgan fingerprint density at radius 3 is 1.78 bits per heavy atom. The van der Waals surface area contributed by atoms with Crippen LogP contribution in [0.4, 0.5) is 0 Å². The Hall–Kier alpha value is -4.89. The molecule has 2 spiro atoms. The minimum atomic E-state index is 0.0728. The van der Waals surface area contributed by atoms with Gasteiger partial charge in [-0.05, 0) is 110 Å². The highest BCUT2D eigenvalue weighted by Crippen LogP contribution is 2.54. The Kier molecular flexibility index (Phi) is 6.11. The molecular weight excluding hydrogens is 636 g/mol. The number of hydrogen-bond acceptors (Lipinski definition) is 5. The van der Waals surface area contributed by atoms with Crippen molar-refractivity contribution >= 4 is 23.4 Å². The number of pyridine rings is 2. The average Bonchev–Trinajstić information content (AvgIpc) is 4.01. The lowest BCUT2D eigenvalue weighted by atomic mass is 9.86. The molecule has 0 bridgehead atoms. The molecule has 4 N–H and O–H groups in total. The van der Waals surface area contributed by atoms with Gasteiger partial charge in [-0.15, -0.1) is 0 Å². The third-order valence-corrected chi connectivity index (χ3v) is 12.0. The lowest BCUT2D eigenvalue weighted by molar-refractivity contribution is 0.0928. The van der Waals surface area contributed by atoms with Crippen LogP contribution in [0.15, 0.2) is 48.8 Å². The molecule has 0 unspecified atom stereocenters. The van der Waals surface area contributed by atoms with Crippen molar-refractivity contribution in [3.8, 4) is 39.5 Å². The largest absolute Gasteiger partial charge is 0.497 e. The molecule has 4 aromatic heterocycles. The van der Waals surface area contributed by atoms with Crippen LogP contribution in [0.2, 0.25) is 5.15 Å². The summed E-state index contributed by atoms with van der Waals surface area (Å²) >= 11 is 6.06. The van der Waals surface area contributed by atoms with Crippen molar-refractivity contribution in [2.24, 2.45) is 0 Å². The molecule has 0 atom stereocenters. The van der Waals surface area contributed by atoms with Crippen LogP contribution in [0.5, 0.6) is 5.75 Å². The molecule has 4 aliphatic carbocycles. The number of amides is 2. The van der Waals surface area contributed by atoms with Gasteiger partial charge >= 0.3 is 0 Å². The minimum Gasteiger partial charge on any atom is -0.497 e. The summed E-state index contributed by atoms with van der Waals surface area (Å²) in [6.07, 6.45) is 12.1. The summed E-state index contributed by atoms with van der Waals surface area (Å²) in [6, 6.07) is 12.0. The van der Waals surface area contributed by atoms with Crippen LogP contribution >= 0.6 is 11.6 Å². The van der Waals surface area contributed by atoms with Crippen molar-refractivity contribution in [3.63, 3.8) is 0 Å². The molecule has 246 valence electrons. The second-order valence-corrected chi connectivity index (χ2v) is 14.9. The number of benzene rings is 1. The van der Waals surface area contributed by atoms with E-state index in [0.717, 1.165) is 126 Å². The molecule has 6 heterocycles. The maximum Gasteiger partial charge on any atom is 0.253 e. The third kappa shape index (κ3) is 4.37. The minimum absolute atomic E-state index is 0.0728. The van der Waals surface area contributed by atoms with Gasteiger partial charge in [0.15, 0.2) is 0 Å². The number of rotatable bonds is 2. The van der Waals surface area contributed by atoms with E-state index in [1.165, 1.54) is 22.3 Å². The number of carbonyl (C=O) groups excluding carboxylic acids is 2. The number of H-pyrrole nitrogens is 2. The standard InChI is InChI=1S/C23H21N3O2.C16H14ClN3O/c1-28-15-5-2-13(3-6-15)18-10-17-14(11-24-18)4-7-16-19-21(26-20(16)17)23(8-9-23)12-25-22(19)27;17-11-5-10-8(6-18-11)1-2-9-12-14(20-13(9)10)16(3-4-16)7-19-15(12)21/h2-3,5-6,10-11,26H,4,7-9,12H2,1H3,(H,25,27);5-6,20H,1-4,7H2,(H,19,21). The second-order valence-electron chi connectivity index (χ2n) is 14.5. The molecule has 2 amide bonds. The van der Waals surface area contributed by atoms with Crippen LogP contribution in [-0.2, 0) is 36.5 Å². The van der Waals surface area contributed by atoms with E-state index in [1.54, 1.807) is 7.11 Å². The summed E-state index contributed by atoms with van der Waals surface area (Å²) in [5, 5.41) is 6.68. The number of aromatic nitrogens is 4. The van der Waals surface area contributed by atoms with E-state index in [4.69, 9.17) is 21.3 Å². The number of carbonyl (C=O) groups is 2. The van der Waals surface area contributed by atoms with Gasteiger partial charge in [0, 0.05) is 64.4 Å². The van der Waals surface area contributed by atoms with Crippen molar-refractivity contribution in [1.29, 1.82) is 0 Å². The van der Waals surface area contributed by atoms with E-state index in [9.17, 15) is 9.59 Å². The quantitative estimate of drug-likeness (QED) is 0.166. The summed E-state index contributed by atoms with van der Waals surface area (Å²) in [7, 11) is 1.67. The summed E-state index contributed by atoms with van der Waals surface area (Å²) in [5.74, 6) is 0.989. The van der Waals surface area contributed by atoms with Crippen LogP contribution in [0.25, 0.3) is 33.8 Å². The van der Waals surface area contributed by atoms with Crippen molar-refractivity contribution < 1.29 is 14.3 Å². The summed E-state index contributed by atoms with van der Waals surface area (Å²) in [4.78, 5) is 41.1. The first-order valence-electron chi connectivity index (χ1n) is 17.2. The smallest absolute Gasteiger partial charge is 0.253 e. The molecule has 2 aliphatic heterocycles. The van der Waals surface area contributed by atoms with E-state index in [0.29, 0.717) is 5.15 Å². The Morgan fingerprint density at radius 1 is 0.714 bits per heavy atom. The fourth-order valence-electron chi connectivity index (χ4n) is 8.59. The average molecular weight is 671 g/mol. The van der Waals surface area contributed by atoms with Gasteiger partial charge in [-0.2, -0.15) is 0 Å². The van der Waals surface area contributed by atoms with Gasteiger partial charge in [0.25, 0.3) is 11.8 Å². The van der Waals surface area contributed by atoms with Gasteiger partial charge in [0.05, 0.1) is 35.3 Å². The third-order valence-electron chi connectivity index (χ3n) is 11.8.